The Bertz CT molecular complexity index is 608. The van der Waals surface area contributed by atoms with E-state index < -0.39 is 5.92 Å². The number of hydrogen-bond donors (Lipinski definition) is 1. The minimum atomic E-state index is -0.447. The van der Waals surface area contributed by atoms with Crippen molar-refractivity contribution in [1.29, 1.82) is 0 Å². The third kappa shape index (κ3) is 1.62. The first-order chi connectivity index (χ1) is 8.66. The van der Waals surface area contributed by atoms with Gasteiger partial charge >= 0.3 is 0 Å². The Morgan fingerprint density at radius 2 is 2.28 bits per heavy atom. The van der Waals surface area contributed by atoms with Crippen LogP contribution in [0, 0.1) is 12.8 Å². The number of hydrogen-bond acceptors (Lipinski definition) is 4. The van der Waals surface area contributed by atoms with Gasteiger partial charge in [0.2, 0.25) is 11.0 Å². The lowest BCUT2D eigenvalue weighted by Gasteiger charge is -2.27. The predicted octanol–water partition coefficient (Wildman–Crippen LogP) is 1.23. The number of anilines is 1. The van der Waals surface area contributed by atoms with Crippen molar-refractivity contribution < 1.29 is 4.79 Å². The summed E-state index contributed by atoms with van der Waals surface area (Å²) in [5.74, 6) is -0.0598. The Labute approximate surface area is 109 Å². The van der Waals surface area contributed by atoms with Crippen LogP contribution in [-0.2, 0) is 4.79 Å². The second-order valence-electron chi connectivity index (χ2n) is 4.16. The second kappa shape index (κ2) is 3.99. The van der Waals surface area contributed by atoms with Crippen molar-refractivity contribution in [3.8, 4) is 0 Å². The number of aliphatic imine (C=N–C) groups is 1. The van der Waals surface area contributed by atoms with Gasteiger partial charge in [0, 0.05) is 6.21 Å². The zero-order chi connectivity index (χ0) is 12.7. The molecule has 1 N–H and O–H groups in total. The fraction of sp³-hybridized carbons (Fsp3) is 0.167. The molecule has 6 heteroatoms. The van der Waals surface area contributed by atoms with E-state index >= 15 is 0 Å². The molecule has 0 saturated heterocycles. The summed E-state index contributed by atoms with van der Waals surface area (Å²) in [6.45, 7) is 1.97. The molecule has 0 radical (unpaired) electrons. The monoisotopic (exact) mass is 258 g/mol. The molecule has 0 saturated carbocycles. The second-order valence-corrected chi connectivity index (χ2v) is 4.53. The van der Waals surface area contributed by atoms with Crippen LogP contribution in [0.1, 0.15) is 5.56 Å². The van der Waals surface area contributed by atoms with Crippen LogP contribution in [0.15, 0.2) is 34.4 Å². The first kappa shape index (κ1) is 11.0. The Kier molecular flexibility index (Phi) is 2.45. The summed E-state index contributed by atoms with van der Waals surface area (Å²) in [5.41, 5.74) is 4.50. The lowest BCUT2D eigenvalue weighted by atomic mass is 10.1. The van der Waals surface area contributed by atoms with Crippen LogP contribution in [0.3, 0.4) is 0 Å². The maximum absolute atomic E-state index is 12.4. The molecule has 3 rings (SSSR count). The number of carbonyl (C=O) groups is 1. The number of rotatable bonds is 1. The molecule has 1 aromatic rings. The average molecular weight is 258 g/mol. The van der Waals surface area contributed by atoms with E-state index in [9.17, 15) is 4.79 Å². The van der Waals surface area contributed by atoms with Gasteiger partial charge in [-0.15, -0.1) is 0 Å². The number of nitrogens with one attached hydrogen (secondary N) is 1. The van der Waals surface area contributed by atoms with Crippen LogP contribution in [0.25, 0.3) is 0 Å². The summed E-state index contributed by atoms with van der Waals surface area (Å²) in [4.78, 5) is 18.0. The van der Waals surface area contributed by atoms with E-state index in [4.69, 9.17) is 12.2 Å². The first-order valence-electron chi connectivity index (χ1n) is 5.49. The number of aryl methyl sites for hydroxylation is 1. The molecule has 18 heavy (non-hydrogen) atoms. The molecule has 90 valence electrons. The highest BCUT2D eigenvalue weighted by Crippen LogP contribution is 2.23. The number of carbonyl (C=O) groups excluding carboxylic acids is 1. The average Bonchev–Trinajstić information content (AvgIpc) is 2.77. The van der Waals surface area contributed by atoms with E-state index in [1.807, 2.05) is 31.2 Å². The van der Waals surface area contributed by atoms with Crippen molar-refractivity contribution in [2.24, 2.45) is 16.0 Å². The zero-order valence-electron chi connectivity index (χ0n) is 9.62. The number of benzene rings is 1. The molecule has 1 amide bonds. The first-order valence-corrected chi connectivity index (χ1v) is 5.90. The highest BCUT2D eigenvalue weighted by atomic mass is 32.1. The van der Waals surface area contributed by atoms with Crippen LogP contribution in [-0.4, -0.2) is 23.1 Å². The van der Waals surface area contributed by atoms with E-state index in [-0.39, 0.29) is 11.0 Å². The molecule has 0 aliphatic carbocycles. The van der Waals surface area contributed by atoms with E-state index in [1.165, 1.54) is 4.90 Å². The quantitative estimate of drug-likeness (QED) is 0.771. The molecule has 1 atom stereocenters. The van der Waals surface area contributed by atoms with Gasteiger partial charge < -0.3 is 0 Å². The summed E-state index contributed by atoms with van der Waals surface area (Å²) >= 11 is 5.18. The Hall–Kier alpha value is -2.08. The molecule has 0 fully saturated rings. The van der Waals surface area contributed by atoms with Crippen LogP contribution in [0.5, 0.6) is 0 Å². The van der Waals surface area contributed by atoms with Crippen LogP contribution in [0.2, 0.25) is 0 Å². The number of fused-ring (bicyclic) bond motifs is 1. The summed E-state index contributed by atoms with van der Waals surface area (Å²) < 4.78 is 0. The molecular weight excluding hydrogens is 248 g/mol. The molecule has 2 aliphatic rings. The Morgan fingerprint density at radius 1 is 1.44 bits per heavy atom. The van der Waals surface area contributed by atoms with Crippen molar-refractivity contribution in [3.05, 3.63) is 29.8 Å². The van der Waals surface area contributed by atoms with Gasteiger partial charge in [0.15, 0.2) is 0 Å². The van der Waals surface area contributed by atoms with Crippen molar-refractivity contribution in [3.63, 3.8) is 0 Å². The molecule has 5 nitrogen and oxygen atoms in total. The minimum Gasteiger partial charge on any atom is -0.273 e. The minimum absolute atomic E-state index is 0.121. The molecule has 0 bridgehead atoms. The highest BCUT2D eigenvalue weighted by Gasteiger charge is 2.37. The van der Waals surface area contributed by atoms with Crippen molar-refractivity contribution in [2.45, 2.75) is 6.92 Å². The SMILES string of the molecule is Cc1cccc(N2C(=O)C3C=NNC3=NC2=S)c1. The van der Waals surface area contributed by atoms with E-state index in [0.29, 0.717) is 5.84 Å². The smallest absolute Gasteiger partial charge is 0.249 e. The molecule has 2 heterocycles. The third-order valence-electron chi connectivity index (χ3n) is 2.85. The van der Waals surface area contributed by atoms with Gasteiger partial charge in [-0.25, -0.2) is 4.99 Å². The molecule has 2 aliphatic heterocycles. The number of amidine groups is 1. The van der Waals surface area contributed by atoms with Crippen molar-refractivity contribution in [1.82, 2.24) is 5.43 Å². The zero-order valence-corrected chi connectivity index (χ0v) is 10.4. The molecule has 1 unspecified atom stereocenters. The van der Waals surface area contributed by atoms with Crippen LogP contribution in [0.4, 0.5) is 5.69 Å². The van der Waals surface area contributed by atoms with Gasteiger partial charge in [0.05, 0.1) is 5.69 Å². The van der Waals surface area contributed by atoms with E-state index in [1.54, 1.807) is 6.21 Å². The molecule has 0 spiro atoms. The van der Waals surface area contributed by atoms with E-state index in [0.717, 1.165) is 11.3 Å². The molecule has 1 aromatic carbocycles. The number of nitrogens with zero attached hydrogens (tertiary/aromatic N) is 3. The van der Waals surface area contributed by atoms with Gasteiger partial charge in [-0.2, -0.15) is 5.10 Å². The fourth-order valence-electron chi connectivity index (χ4n) is 1.98. The van der Waals surface area contributed by atoms with Gasteiger partial charge in [-0.1, -0.05) is 12.1 Å². The number of amides is 1. The standard InChI is InChI=1S/C12H10N4OS/c1-7-3-2-4-8(5-7)16-11(17)9-6-13-15-10(9)14-12(16)18/h2-6,9H,1H3,(H,14,15,18). The van der Waals surface area contributed by atoms with Crippen molar-refractivity contribution >= 4 is 41.0 Å². The van der Waals surface area contributed by atoms with Gasteiger partial charge in [-0.3, -0.25) is 15.1 Å². The summed E-state index contributed by atoms with van der Waals surface area (Å²) in [7, 11) is 0. The number of thiocarbonyl (C=S) groups is 1. The van der Waals surface area contributed by atoms with Gasteiger partial charge in [0.1, 0.15) is 11.8 Å². The fourth-order valence-corrected chi connectivity index (χ4v) is 2.28. The number of hydrazone groups is 1. The predicted molar refractivity (Wildman–Crippen MR) is 73.8 cm³/mol. The summed E-state index contributed by atoms with van der Waals surface area (Å²) in [6.07, 6.45) is 1.55. The summed E-state index contributed by atoms with van der Waals surface area (Å²) in [5, 5.41) is 4.09. The Morgan fingerprint density at radius 3 is 3.06 bits per heavy atom. The van der Waals surface area contributed by atoms with Crippen molar-refractivity contribution in [2.75, 3.05) is 4.90 Å². The van der Waals surface area contributed by atoms with Crippen LogP contribution < -0.4 is 10.3 Å². The summed E-state index contributed by atoms with van der Waals surface area (Å²) in [6, 6.07) is 7.61. The Balaban J connectivity index is 2.05. The molecular formula is C12H10N4OS. The largest absolute Gasteiger partial charge is 0.273 e. The third-order valence-corrected chi connectivity index (χ3v) is 3.12. The lowest BCUT2D eigenvalue weighted by molar-refractivity contribution is -0.118. The topological polar surface area (TPSA) is 57.1 Å². The maximum Gasteiger partial charge on any atom is 0.249 e. The highest BCUT2D eigenvalue weighted by molar-refractivity contribution is 7.80. The molecule has 0 aromatic heterocycles. The van der Waals surface area contributed by atoms with Crippen LogP contribution >= 0.6 is 12.2 Å². The normalized spacial score (nSPS) is 21.7. The van der Waals surface area contributed by atoms with E-state index in [2.05, 4.69) is 15.5 Å². The lowest BCUT2D eigenvalue weighted by Crippen LogP contribution is -2.48. The van der Waals surface area contributed by atoms with Gasteiger partial charge in [0.25, 0.3) is 0 Å². The van der Waals surface area contributed by atoms with Gasteiger partial charge in [-0.05, 0) is 36.8 Å². The maximum atomic E-state index is 12.4.